The third-order valence-electron chi connectivity index (χ3n) is 2.98. The Morgan fingerprint density at radius 3 is 2.81 bits per heavy atom. The first kappa shape index (κ1) is 11.4. The summed E-state index contributed by atoms with van der Waals surface area (Å²) in [4.78, 5) is 2.37. The molecule has 0 spiro atoms. The molecule has 1 fully saturated rings. The molecular formula is C13H19FN2. The summed E-state index contributed by atoms with van der Waals surface area (Å²) in [5, 5.41) is 0. The van der Waals surface area contributed by atoms with Crippen molar-refractivity contribution in [2.75, 3.05) is 19.0 Å². The average Bonchev–Trinajstić information content (AvgIpc) is 3.08. The molecule has 1 aliphatic rings. The molecule has 2 rings (SSSR count). The molecule has 88 valence electrons. The monoisotopic (exact) mass is 222 g/mol. The molecule has 0 heterocycles. The molecule has 16 heavy (non-hydrogen) atoms. The van der Waals surface area contributed by atoms with Gasteiger partial charge in [0.25, 0.3) is 0 Å². The van der Waals surface area contributed by atoms with Gasteiger partial charge in [-0.25, -0.2) is 0 Å². The number of nitrogens with two attached hydrogens (primary N) is 1. The fourth-order valence-electron chi connectivity index (χ4n) is 2.02. The van der Waals surface area contributed by atoms with E-state index in [0.717, 1.165) is 18.8 Å². The minimum absolute atomic E-state index is 0.222. The lowest BCUT2D eigenvalue weighted by atomic mass is 10.2. The fourth-order valence-corrected chi connectivity index (χ4v) is 2.02. The van der Waals surface area contributed by atoms with E-state index in [9.17, 15) is 4.39 Å². The van der Waals surface area contributed by atoms with Crippen molar-refractivity contribution in [1.82, 2.24) is 4.90 Å². The number of halogens is 1. The minimum Gasteiger partial charge on any atom is -0.399 e. The summed E-state index contributed by atoms with van der Waals surface area (Å²) in [6, 6.07) is 8.64. The fraction of sp³-hybridized carbons (Fsp3) is 0.538. The van der Waals surface area contributed by atoms with Crippen molar-refractivity contribution >= 4 is 5.69 Å². The lowest BCUT2D eigenvalue weighted by Crippen LogP contribution is -2.27. The molecule has 2 N–H and O–H groups in total. The predicted octanol–water partition coefficient (Wildman–Crippen LogP) is 2.59. The molecule has 1 saturated carbocycles. The molecule has 1 aromatic carbocycles. The summed E-state index contributed by atoms with van der Waals surface area (Å²) in [6.45, 7) is 1.53. The Kier molecular flexibility index (Phi) is 3.78. The van der Waals surface area contributed by atoms with Gasteiger partial charge in [-0.15, -0.1) is 0 Å². The van der Waals surface area contributed by atoms with Crippen LogP contribution in [0.15, 0.2) is 24.3 Å². The van der Waals surface area contributed by atoms with Crippen LogP contribution in [0.1, 0.15) is 24.8 Å². The van der Waals surface area contributed by atoms with E-state index >= 15 is 0 Å². The zero-order chi connectivity index (χ0) is 11.4. The zero-order valence-electron chi connectivity index (χ0n) is 9.53. The number of hydrogen-bond acceptors (Lipinski definition) is 2. The van der Waals surface area contributed by atoms with Crippen molar-refractivity contribution in [3.63, 3.8) is 0 Å². The van der Waals surface area contributed by atoms with E-state index in [2.05, 4.69) is 11.0 Å². The zero-order valence-corrected chi connectivity index (χ0v) is 9.53. The quantitative estimate of drug-likeness (QED) is 0.750. The smallest absolute Gasteiger partial charge is 0.0906 e. The lowest BCUT2D eigenvalue weighted by molar-refractivity contribution is 0.241. The highest BCUT2D eigenvalue weighted by Crippen LogP contribution is 2.28. The van der Waals surface area contributed by atoms with Crippen LogP contribution < -0.4 is 5.73 Å². The minimum atomic E-state index is -0.222. The van der Waals surface area contributed by atoms with E-state index < -0.39 is 0 Å². The van der Waals surface area contributed by atoms with Crippen LogP contribution in [0.5, 0.6) is 0 Å². The second-order valence-electron chi connectivity index (χ2n) is 4.49. The van der Waals surface area contributed by atoms with Gasteiger partial charge in [0, 0.05) is 24.8 Å². The molecule has 1 aromatic rings. The van der Waals surface area contributed by atoms with Crippen LogP contribution in [0.2, 0.25) is 0 Å². The molecular weight excluding hydrogens is 203 g/mol. The largest absolute Gasteiger partial charge is 0.399 e. The Labute approximate surface area is 96.2 Å². The predicted molar refractivity (Wildman–Crippen MR) is 64.9 cm³/mol. The second kappa shape index (κ2) is 5.30. The van der Waals surface area contributed by atoms with Gasteiger partial charge < -0.3 is 5.73 Å². The van der Waals surface area contributed by atoms with Crippen LogP contribution in [-0.2, 0) is 6.54 Å². The number of alkyl halides is 1. The van der Waals surface area contributed by atoms with Crippen LogP contribution in [0, 0.1) is 0 Å². The van der Waals surface area contributed by atoms with Crippen molar-refractivity contribution < 1.29 is 4.39 Å². The Bertz CT molecular complexity index is 336. The molecule has 0 unspecified atom stereocenters. The van der Waals surface area contributed by atoms with Crippen LogP contribution >= 0.6 is 0 Å². The summed E-state index contributed by atoms with van der Waals surface area (Å²) < 4.78 is 12.2. The molecule has 2 nitrogen and oxygen atoms in total. The number of benzene rings is 1. The van der Waals surface area contributed by atoms with E-state index in [1.165, 1.54) is 18.4 Å². The molecule has 3 heteroatoms. The third kappa shape index (κ3) is 3.20. The summed E-state index contributed by atoms with van der Waals surface area (Å²) in [5.41, 5.74) is 7.78. The van der Waals surface area contributed by atoms with E-state index in [1.807, 2.05) is 18.2 Å². The van der Waals surface area contributed by atoms with E-state index in [0.29, 0.717) is 12.5 Å². The summed E-state index contributed by atoms with van der Waals surface area (Å²) in [7, 11) is 0. The topological polar surface area (TPSA) is 29.3 Å². The standard InChI is InChI=1S/C13H19FN2/c14-7-2-8-16(13-5-6-13)10-11-3-1-4-12(15)9-11/h1,3-4,9,13H,2,5-8,10,15H2. The summed E-state index contributed by atoms with van der Waals surface area (Å²) in [6.07, 6.45) is 3.15. The number of nitrogens with zero attached hydrogens (tertiary/aromatic N) is 1. The maximum atomic E-state index is 12.2. The first-order valence-electron chi connectivity index (χ1n) is 5.94. The second-order valence-corrected chi connectivity index (χ2v) is 4.49. The van der Waals surface area contributed by atoms with Crippen LogP contribution in [0.3, 0.4) is 0 Å². The molecule has 0 atom stereocenters. The maximum absolute atomic E-state index is 12.2. The summed E-state index contributed by atoms with van der Waals surface area (Å²) >= 11 is 0. The molecule has 0 aromatic heterocycles. The van der Waals surface area contributed by atoms with Gasteiger partial charge >= 0.3 is 0 Å². The SMILES string of the molecule is Nc1cccc(CN(CCCF)C2CC2)c1. The van der Waals surface area contributed by atoms with Gasteiger partial charge in [0.15, 0.2) is 0 Å². The highest BCUT2D eigenvalue weighted by molar-refractivity contribution is 5.40. The van der Waals surface area contributed by atoms with Crippen LogP contribution in [0.4, 0.5) is 10.1 Å². The number of hydrogen-bond donors (Lipinski definition) is 1. The first-order valence-corrected chi connectivity index (χ1v) is 5.94. The van der Waals surface area contributed by atoms with Crippen molar-refractivity contribution in [1.29, 1.82) is 0 Å². The molecule has 0 bridgehead atoms. The van der Waals surface area contributed by atoms with Gasteiger partial charge in [0.1, 0.15) is 0 Å². The molecule has 1 aliphatic carbocycles. The number of rotatable bonds is 6. The van der Waals surface area contributed by atoms with Gasteiger partial charge in [0.2, 0.25) is 0 Å². The van der Waals surface area contributed by atoms with Gasteiger partial charge in [-0.3, -0.25) is 9.29 Å². The van der Waals surface area contributed by atoms with Crippen molar-refractivity contribution in [2.45, 2.75) is 31.8 Å². The Morgan fingerprint density at radius 2 is 2.19 bits per heavy atom. The molecule has 0 saturated heterocycles. The average molecular weight is 222 g/mol. The van der Waals surface area contributed by atoms with E-state index in [4.69, 9.17) is 5.73 Å². The highest BCUT2D eigenvalue weighted by Gasteiger charge is 2.28. The van der Waals surface area contributed by atoms with Crippen LogP contribution in [-0.4, -0.2) is 24.2 Å². The molecule has 0 aliphatic heterocycles. The first-order chi connectivity index (χ1) is 7.79. The third-order valence-corrected chi connectivity index (χ3v) is 2.98. The Hall–Kier alpha value is -1.09. The molecule has 0 amide bonds. The Morgan fingerprint density at radius 1 is 1.38 bits per heavy atom. The maximum Gasteiger partial charge on any atom is 0.0906 e. The van der Waals surface area contributed by atoms with Crippen molar-refractivity contribution in [3.8, 4) is 0 Å². The van der Waals surface area contributed by atoms with Gasteiger partial charge in [-0.05, 0) is 37.0 Å². The highest BCUT2D eigenvalue weighted by atomic mass is 19.1. The van der Waals surface area contributed by atoms with Gasteiger partial charge in [-0.1, -0.05) is 12.1 Å². The van der Waals surface area contributed by atoms with Crippen molar-refractivity contribution in [3.05, 3.63) is 29.8 Å². The number of anilines is 1. The summed E-state index contributed by atoms with van der Waals surface area (Å²) in [5.74, 6) is 0. The molecule has 0 radical (unpaired) electrons. The van der Waals surface area contributed by atoms with Gasteiger partial charge in [-0.2, -0.15) is 0 Å². The Balaban J connectivity index is 1.94. The van der Waals surface area contributed by atoms with E-state index in [-0.39, 0.29) is 6.67 Å². The van der Waals surface area contributed by atoms with E-state index in [1.54, 1.807) is 0 Å². The van der Waals surface area contributed by atoms with Gasteiger partial charge in [0.05, 0.1) is 6.67 Å². The number of nitrogen functional groups attached to an aromatic ring is 1. The van der Waals surface area contributed by atoms with Crippen LogP contribution in [0.25, 0.3) is 0 Å². The lowest BCUT2D eigenvalue weighted by Gasteiger charge is -2.21. The normalized spacial score (nSPS) is 15.6. The van der Waals surface area contributed by atoms with Crippen molar-refractivity contribution in [2.24, 2.45) is 0 Å².